The number of aromatic nitrogens is 1. The number of allylic oxidation sites excluding steroid dienone is 1. The average Bonchev–Trinajstić information content (AvgIpc) is 3.02. The summed E-state index contributed by atoms with van der Waals surface area (Å²) in [5.74, 6) is -0.524. The van der Waals surface area contributed by atoms with E-state index in [2.05, 4.69) is 21.6 Å². The summed E-state index contributed by atoms with van der Waals surface area (Å²) in [5, 5.41) is 2.78. The summed E-state index contributed by atoms with van der Waals surface area (Å²) in [4.78, 5) is 37.5. The fourth-order valence-electron chi connectivity index (χ4n) is 2.71. The Hall–Kier alpha value is -2.89. The molecule has 6 nitrogen and oxygen atoms in total. The molecule has 0 aliphatic carbocycles. The summed E-state index contributed by atoms with van der Waals surface area (Å²) >= 11 is 0. The first-order valence-electron chi connectivity index (χ1n) is 7.53. The molecular formula is C18H20N2O4. The van der Waals surface area contributed by atoms with Crippen molar-refractivity contribution in [3.05, 3.63) is 52.0 Å². The first kappa shape index (κ1) is 17.5. The highest BCUT2D eigenvalue weighted by atomic mass is 16.5. The molecule has 1 amide bonds. The van der Waals surface area contributed by atoms with Crippen LogP contribution in [0, 0.1) is 6.92 Å². The third-order valence-electron chi connectivity index (χ3n) is 4.17. The Kier molecular flexibility index (Phi) is 5.18. The summed E-state index contributed by atoms with van der Waals surface area (Å²) < 4.78 is 4.64. The number of aromatic amines is 1. The Balaban J connectivity index is 2.37. The Morgan fingerprint density at radius 1 is 1.29 bits per heavy atom. The van der Waals surface area contributed by atoms with Gasteiger partial charge in [-0.2, -0.15) is 0 Å². The van der Waals surface area contributed by atoms with Gasteiger partial charge in [0, 0.05) is 23.4 Å². The molecule has 1 aliphatic rings. The number of ether oxygens (including phenoxy) is 1. The highest BCUT2D eigenvalue weighted by Gasteiger charge is 2.22. The standard InChI is InChI=1S/C18H20N2O4/c1-5-12-10(2)15(20-18(12)23)8-14-11(3)13(16(9-21)19-14)6-7-17(22)24-4/h5,8-9,19H,1,6-7H2,2-4H3,(H,20,23)/b15-8+. The van der Waals surface area contributed by atoms with Crippen LogP contribution < -0.4 is 5.32 Å². The van der Waals surface area contributed by atoms with Crippen LogP contribution in [-0.4, -0.2) is 30.3 Å². The van der Waals surface area contributed by atoms with Gasteiger partial charge in [0.15, 0.2) is 6.29 Å². The number of H-pyrrole nitrogens is 1. The molecular weight excluding hydrogens is 308 g/mol. The zero-order valence-electron chi connectivity index (χ0n) is 14.0. The molecule has 0 aromatic carbocycles. The molecule has 0 fully saturated rings. The molecule has 24 heavy (non-hydrogen) atoms. The molecule has 0 bridgehead atoms. The molecule has 0 unspecified atom stereocenters. The fraction of sp³-hybridized carbons (Fsp3) is 0.278. The molecule has 1 aromatic heterocycles. The molecule has 2 rings (SSSR count). The molecule has 0 saturated heterocycles. The third-order valence-corrected chi connectivity index (χ3v) is 4.17. The van der Waals surface area contributed by atoms with E-state index in [9.17, 15) is 14.4 Å². The molecule has 1 aliphatic heterocycles. The van der Waals surface area contributed by atoms with Crippen LogP contribution in [0.4, 0.5) is 0 Å². The number of amides is 1. The van der Waals surface area contributed by atoms with Crippen molar-refractivity contribution in [2.24, 2.45) is 0 Å². The van der Waals surface area contributed by atoms with Crippen molar-refractivity contribution >= 4 is 24.2 Å². The van der Waals surface area contributed by atoms with Gasteiger partial charge in [-0.1, -0.05) is 12.7 Å². The maximum absolute atomic E-state index is 11.8. The number of methoxy groups -OCH3 is 1. The lowest BCUT2D eigenvalue weighted by Crippen LogP contribution is -2.15. The van der Waals surface area contributed by atoms with Crippen LogP contribution in [0.2, 0.25) is 0 Å². The van der Waals surface area contributed by atoms with Crippen LogP contribution in [-0.2, 0) is 20.7 Å². The first-order chi connectivity index (χ1) is 11.4. The van der Waals surface area contributed by atoms with E-state index in [0.29, 0.717) is 23.4 Å². The molecule has 0 spiro atoms. The smallest absolute Gasteiger partial charge is 0.305 e. The van der Waals surface area contributed by atoms with Crippen molar-refractivity contribution in [1.82, 2.24) is 10.3 Å². The van der Waals surface area contributed by atoms with Gasteiger partial charge >= 0.3 is 5.97 Å². The van der Waals surface area contributed by atoms with E-state index < -0.39 is 0 Å². The van der Waals surface area contributed by atoms with E-state index in [1.54, 1.807) is 6.08 Å². The fourth-order valence-corrected chi connectivity index (χ4v) is 2.71. The normalized spacial score (nSPS) is 15.6. The van der Waals surface area contributed by atoms with E-state index in [0.717, 1.165) is 28.7 Å². The highest BCUT2D eigenvalue weighted by Crippen LogP contribution is 2.26. The van der Waals surface area contributed by atoms with Crippen LogP contribution in [0.15, 0.2) is 29.5 Å². The maximum Gasteiger partial charge on any atom is 0.305 e. The minimum atomic E-state index is -0.329. The van der Waals surface area contributed by atoms with Gasteiger partial charge in [0.2, 0.25) is 0 Å². The first-order valence-corrected chi connectivity index (χ1v) is 7.53. The van der Waals surface area contributed by atoms with Crippen molar-refractivity contribution in [1.29, 1.82) is 0 Å². The van der Waals surface area contributed by atoms with Crippen LogP contribution in [0.5, 0.6) is 0 Å². The zero-order valence-corrected chi connectivity index (χ0v) is 14.0. The van der Waals surface area contributed by atoms with Gasteiger partial charge < -0.3 is 15.0 Å². The number of hydrogen-bond acceptors (Lipinski definition) is 4. The molecule has 2 heterocycles. The zero-order chi connectivity index (χ0) is 17.9. The SMILES string of the molecule is C=CC1=C(C)/C(=C\c2[nH]c(C=O)c(CCC(=O)OC)c2C)NC1=O. The van der Waals surface area contributed by atoms with Gasteiger partial charge in [-0.15, -0.1) is 0 Å². The van der Waals surface area contributed by atoms with E-state index in [1.807, 2.05) is 13.8 Å². The summed E-state index contributed by atoms with van der Waals surface area (Å²) in [7, 11) is 1.33. The van der Waals surface area contributed by atoms with E-state index >= 15 is 0 Å². The van der Waals surface area contributed by atoms with Gasteiger partial charge in [0.1, 0.15) is 0 Å². The second-order valence-corrected chi connectivity index (χ2v) is 5.50. The monoisotopic (exact) mass is 328 g/mol. The van der Waals surface area contributed by atoms with Crippen LogP contribution in [0.3, 0.4) is 0 Å². The lowest BCUT2D eigenvalue weighted by atomic mass is 10.0. The number of hydrogen-bond donors (Lipinski definition) is 2. The second-order valence-electron chi connectivity index (χ2n) is 5.50. The number of esters is 1. The Morgan fingerprint density at radius 3 is 2.54 bits per heavy atom. The lowest BCUT2D eigenvalue weighted by molar-refractivity contribution is -0.140. The molecule has 0 radical (unpaired) electrons. The second kappa shape index (κ2) is 7.12. The number of carbonyl (C=O) groups is 3. The lowest BCUT2D eigenvalue weighted by Gasteiger charge is -2.02. The molecule has 0 saturated carbocycles. The van der Waals surface area contributed by atoms with Gasteiger partial charge in [0.05, 0.1) is 12.8 Å². The number of carbonyl (C=O) groups excluding carboxylic acids is 3. The predicted octanol–water partition coefficient (Wildman–Crippen LogP) is 2.21. The van der Waals surface area contributed by atoms with Crippen molar-refractivity contribution in [2.75, 3.05) is 7.11 Å². The average molecular weight is 328 g/mol. The Bertz CT molecular complexity index is 781. The van der Waals surface area contributed by atoms with Gasteiger partial charge in [0.25, 0.3) is 5.91 Å². The maximum atomic E-state index is 11.8. The van der Waals surface area contributed by atoms with Crippen LogP contribution in [0.1, 0.15) is 40.7 Å². The molecule has 0 atom stereocenters. The third kappa shape index (κ3) is 3.22. The van der Waals surface area contributed by atoms with Gasteiger partial charge in [-0.05, 0) is 43.0 Å². The Labute approximate surface area is 140 Å². The molecule has 1 aromatic rings. The van der Waals surface area contributed by atoms with E-state index in [4.69, 9.17) is 0 Å². The Morgan fingerprint density at radius 2 is 2.00 bits per heavy atom. The number of aldehydes is 1. The minimum Gasteiger partial charge on any atom is -0.469 e. The number of rotatable bonds is 6. The summed E-state index contributed by atoms with van der Waals surface area (Å²) in [6, 6.07) is 0. The topological polar surface area (TPSA) is 88.3 Å². The van der Waals surface area contributed by atoms with Crippen LogP contribution in [0.25, 0.3) is 6.08 Å². The predicted molar refractivity (Wildman–Crippen MR) is 90.3 cm³/mol. The van der Waals surface area contributed by atoms with Crippen LogP contribution >= 0.6 is 0 Å². The minimum absolute atomic E-state index is 0.195. The quantitative estimate of drug-likeness (QED) is 0.619. The van der Waals surface area contributed by atoms with Gasteiger partial charge in [-0.3, -0.25) is 14.4 Å². The molecule has 2 N–H and O–H groups in total. The number of nitrogens with one attached hydrogen (secondary N) is 2. The highest BCUT2D eigenvalue weighted by molar-refractivity contribution is 6.03. The van der Waals surface area contributed by atoms with Gasteiger partial charge in [-0.25, -0.2) is 0 Å². The van der Waals surface area contributed by atoms with E-state index in [1.165, 1.54) is 13.2 Å². The van der Waals surface area contributed by atoms with Crippen molar-refractivity contribution in [2.45, 2.75) is 26.7 Å². The van der Waals surface area contributed by atoms with Crippen molar-refractivity contribution in [3.63, 3.8) is 0 Å². The summed E-state index contributed by atoms with van der Waals surface area (Å²) in [6.45, 7) is 7.34. The summed E-state index contributed by atoms with van der Waals surface area (Å²) in [6.07, 6.45) is 4.64. The molecule has 6 heteroatoms. The summed E-state index contributed by atoms with van der Waals surface area (Å²) in [5.41, 5.74) is 4.78. The van der Waals surface area contributed by atoms with Crippen molar-refractivity contribution < 1.29 is 19.1 Å². The molecule has 126 valence electrons. The largest absolute Gasteiger partial charge is 0.469 e. The van der Waals surface area contributed by atoms with E-state index in [-0.39, 0.29) is 18.3 Å². The van der Waals surface area contributed by atoms with Crippen molar-refractivity contribution in [3.8, 4) is 0 Å².